The number of hydrogen-bond donors (Lipinski definition) is 1. The van der Waals surface area contributed by atoms with Crippen molar-refractivity contribution in [1.29, 1.82) is 0 Å². The molecule has 1 aromatic rings. The molecule has 0 aliphatic heterocycles. The van der Waals surface area contributed by atoms with Gasteiger partial charge in [-0.25, -0.2) is 13.1 Å². The van der Waals surface area contributed by atoms with Crippen LogP contribution in [0.25, 0.3) is 0 Å². The minimum Gasteiger partial charge on any atom is -0.382 e. The lowest BCUT2D eigenvalue weighted by Gasteiger charge is -2.07. The third kappa shape index (κ3) is 9.15. The summed E-state index contributed by atoms with van der Waals surface area (Å²) in [4.78, 5) is 0. The molecule has 0 unspecified atom stereocenters. The summed E-state index contributed by atoms with van der Waals surface area (Å²) in [6.07, 6.45) is 2.77. The maximum atomic E-state index is 11.7. The van der Waals surface area contributed by atoms with Gasteiger partial charge in [-0.15, -0.1) is 0 Å². The number of aryl methyl sites for hydroxylation is 2. The fourth-order valence-corrected chi connectivity index (χ4v) is 2.86. The van der Waals surface area contributed by atoms with Crippen LogP contribution in [0.2, 0.25) is 0 Å². The van der Waals surface area contributed by atoms with Crippen molar-refractivity contribution >= 4 is 10.0 Å². The first-order chi connectivity index (χ1) is 10.5. The maximum Gasteiger partial charge on any atom is 0.213 e. The van der Waals surface area contributed by atoms with E-state index in [-0.39, 0.29) is 12.4 Å². The van der Waals surface area contributed by atoms with Gasteiger partial charge in [-0.05, 0) is 31.7 Å². The SMILES string of the molecule is COCCOCCS(=O)(=O)NCCCCc1ccc(C)cc1. The number of unbranched alkanes of at least 4 members (excludes halogenated alkanes) is 1. The molecule has 0 heterocycles. The van der Waals surface area contributed by atoms with Crippen LogP contribution in [0.15, 0.2) is 24.3 Å². The Bertz CT molecular complexity index is 499. The Morgan fingerprint density at radius 3 is 2.45 bits per heavy atom. The fourth-order valence-electron chi connectivity index (χ4n) is 1.92. The lowest BCUT2D eigenvalue weighted by atomic mass is 10.1. The number of benzene rings is 1. The van der Waals surface area contributed by atoms with E-state index >= 15 is 0 Å². The minimum absolute atomic E-state index is 0.00528. The van der Waals surface area contributed by atoms with Crippen LogP contribution in [-0.4, -0.2) is 47.6 Å². The average Bonchev–Trinajstić information content (AvgIpc) is 2.48. The molecular formula is C16H27NO4S. The molecule has 1 N–H and O–H groups in total. The molecule has 0 aliphatic rings. The van der Waals surface area contributed by atoms with Gasteiger partial charge < -0.3 is 9.47 Å². The number of sulfonamides is 1. The molecule has 0 saturated carbocycles. The quantitative estimate of drug-likeness (QED) is 0.595. The predicted molar refractivity (Wildman–Crippen MR) is 88.6 cm³/mol. The van der Waals surface area contributed by atoms with E-state index in [1.807, 2.05) is 0 Å². The number of rotatable bonds is 12. The van der Waals surface area contributed by atoms with Crippen LogP contribution < -0.4 is 4.72 Å². The summed E-state index contributed by atoms with van der Waals surface area (Å²) < 4.78 is 36.0. The van der Waals surface area contributed by atoms with Crippen LogP contribution in [0.4, 0.5) is 0 Å². The van der Waals surface area contributed by atoms with Gasteiger partial charge in [-0.2, -0.15) is 0 Å². The smallest absolute Gasteiger partial charge is 0.213 e. The minimum atomic E-state index is -3.24. The molecule has 5 nitrogen and oxygen atoms in total. The molecule has 1 aromatic carbocycles. The average molecular weight is 329 g/mol. The zero-order chi connectivity index (χ0) is 16.3. The Labute approximate surface area is 134 Å². The van der Waals surface area contributed by atoms with Crippen molar-refractivity contribution in [1.82, 2.24) is 4.72 Å². The van der Waals surface area contributed by atoms with Crippen molar-refractivity contribution in [3.63, 3.8) is 0 Å². The van der Waals surface area contributed by atoms with Crippen LogP contribution >= 0.6 is 0 Å². The van der Waals surface area contributed by atoms with Crippen LogP contribution in [-0.2, 0) is 25.9 Å². The normalized spacial score (nSPS) is 11.7. The van der Waals surface area contributed by atoms with Gasteiger partial charge in [0, 0.05) is 13.7 Å². The molecule has 0 amide bonds. The highest BCUT2D eigenvalue weighted by atomic mass is 32.2. The van der Waals surface area contributed by atoms with E-state index in [2.05, 4.69) is 35.9 Å². The van der Waals surface area contributed by atoms with E-state index in [0.29, 0.717) is 19.8 Å². The summed E-state index contributed by atoms with van der Waals surface area (Å²) >= 11 is 0. The largest absolute Gasteiger partial charge is 0.382 e. The van der Waals surface area contributed by atoms with E-state index in [0.717, 1.165) is 19.3 Å². The highest BCUT2D eigenvalue weighted by Crippen LogP contribution is 2.06. The molecule has 0 aromatic heterocycles. The van der Waals surface area contributed by atoms with Gasteiger partial charge in [0.05, 0.1) is 25.6 Å². The standard InChI is InChI=1S/C16H27NO4S/c1-15-6-8-16(9-7-15)5-3-4-10-17-22(18,19)14-13-21-12-11-20-2/h6-9,17H,3-5,10-14H2,1-2H3. The lowest BCUT2D eigenvalue weighted by Crippen LogP contribution is -2.29. The first-order valence-electron chi connectivity index (χ1n) is 7.63. The Morgan fingerprint density at radius 2 is 1.77 bits per heavy atom. The summed E-state index contributed by atoms with van der Waals surface area (Å²) in [6, 6.07) is 8.44. The van der Waals surface area contributed by atoms with Crippen LogP contribution in [0.1, 0.15) is 24.0 Å². The van der Waals surface area contributed by atoms with E-state index in [1.165, 1.54) is 11.1 Å². The van der Waals surface area contributed by atoms with Crippen LogP contribution in [0.5, 0.6) is 0 Å². The third-order valence-corrected chi connectivity index (χ3v) is 4.61. The Kier molecular flexibility index (Phi) is 9.31. The highest BCUT2D eigenvalue weighted by molar-refractivity contribution is 7.89. The van der Waals surface area contributed by atoms with Gasteiger partial charge in [0.1, 0.15) is 0 Å². The summed E-state index contributed by atoms with van der Waals surface area (Å²) in [5.41, 5.74) is 2.55. The van der Waals surface area contributed by atoms with Crippen molar-refractivity contribution < 1.29 is 17.9 Å². The second-order valence-electron chi connectivity index (χ2n) is 5.26. The number of methoxy groups -OCH3 is 1. The van der Waals surface area contributed by atoms with E-state index in [9.17, 15) is 8.42 Å². The van der Waals surface area contributed by atoms with Crippen molar-refractivity contribution in [2.75, 3.05) is 39.2 Å². The van der Waals surface area contributed by atoms with E-state index < -0.39 is 10.0 Å². The Hall–Kier alpha value is -0.950. The Balaban J connectivity index is 2.08. The van der Waals surface area contributed by atoms with E-state index in [4.69, 9.17) is 9.47 Å². The van der Waals surface area contributed by atoms with Gasteiger partial charge >= 0.3 is 0 Å². The fraction of sp³-hybridized carbons (Fsp3) is 0.625. The number of hydrogen-bond acceptors (Lipinski definition) is 4. The summed E-state index contributed by atoms with van der Waals surface area (Å²) in [5, 5.41) is 0. The zero-order valence-electron chi connectivity index (χ0n) is 13.5. The molecule has 0 radical (unpaired) electrons. The first-order valence-corrected chi connectivity index (χ1v) is 9.28. The molecular weight excluding hydrogens is 302 g/mol. The summed E-state index contributed by atoms with van der Waals surface area (Å²) in [6.45, 7) is 3.64. The van der Waals surface area contributed by atoms with Crippen LogP contribution in [0, 0.1) is 6.92 Å². The molecule has 0 atom stereocenters. The highest BCUT2D eigenvalue weighted by Gasteiger charge is 2.08. The van der Waals surface area contributed by atoms with Crippen molar-refractivity contribution in [2.24, 2.45) is 0 Å². The molecule has 6 heteroatoms. The summed E-state index contributed by atoms with van der Waals surface area (Å²) in [5.74, 6) is -0.00528. The van der Waals surface area contributed by atoms with Crippen molar-refractivity contribution in [3.8, 4) is 0 Å². The summed E-state index contributed by atoms with van der Waals surface area (Å²) in [7, 11) is -1.65. The lowest BCUT2D eigenvalue weighted by molar-refractivity contribution is 0.0784. The predicted octanol–water partition coefficient (Wildman–Crippen LogP) is 1.90. The second kappa shape index (κ2) is 10.7. The molecule has 1 rings (SSSR count). The molecule has 0 fully saturated rings. The first kappa shape index (κ1) is 19.1. The maximum absolute atomic E-state index is 11.7. The third-order valence-electron chi connectivity index (χ3n) is 3.26. The molecule has 0 saturated heterocycles. The van der Waals surface area contributed by atoms with Crippen molar-refractivity contribution in [2.45, 2.75) is 26.2 Å². The molecule has 0 bridgehead atoms. The van der Waals surface area contributed by atoms with Gasteiger partial charge in [0.25, 0.3) is 0 Å². The molecule has 22 heavy (non-hydrogen) atoms. The second-order valence-corrected chi connectivity index (χ2v) is 7.19. The molecule has 0 spiro atoms. The van der Waals surface area contributed by atoms with Crippen LogP contribution in [0.3, 0.4) is 0 Å². The van der Waals surface area contributed by atoms with Gasteiger partial charge in [0.15, 0.2) is 0 Å². The van der Waals surface area contributed by atoms with Crippen molar-refractivity contribution in [3.05, 3.63) is 35.4 Å². The zero-order valence-corrected chi connectivity index (χ0v) is 14.3. The van der Waals surface area contributed by atoms with E-state index in [1.54, 1.807) is 7.11 Å². The molecule has 0 aliphatic carbocycles. The Morgan fingerprint density at radius 1 is 1.05 bits per heavy atom. The van der Waals surface area contributed by atoms with Gasteiger partial charge in [-0.1, -0.05) is 29.8 Å². The topological polar surface area (TPSA) is 64.6 Å². The molecule has 126 valence electrons. The monoisotopic (exact) mass is 329 g/mol. The number of nitrogens with one attached hydrogen (secondary N) is 1. The number of ether oxygens (including phenoxy) is 2. The van der Waals surface area contributed by atoms with Gasteiger partial charge in [-0.3, -0.25) is 0 Å². The van der Waals surface area contributed by atoms with Gasteiger partial charge in [0.2, 0.25) is 10.0 Å².